The largest absolute Gasteiger partial charge is 0.573 e. The fourth-order valence-corrected chi connectivity index (χ4v) is 4.55. The second-order valence-corrected chi connectivity index (χ2v) is 9.23. The van der Waals surface area contributed by atoms with E-state index in [-0.39, 0.29) is 46.1 Å². The summed E-state index contributed by atoms with van der Waals surface area (Å²) in [6.07, 6.45) is -5.41. The van der Waals surface area contributed by atoms with Crippen molar-refractivity contribution in [1.82, 2.24) is 14.5 Å². The molecule has 0 bridgehead atoms. The Bertz CT molecular complexity index is 1590. The third kappa shape index (κ3) is 5.16. The number of rotatable bonds is 4. The molecular formula is C26H21ClF4N4O3. The van der Waals surface area contributed by atoms with E-state index in [0.717, 1.165) is 6.07 Å². The van der Waals surface area contributed by atoms with Gasteiger partial charge in [0.1, 0.15) is 29.3 Å². The molecule has 1 atom stereocenters. The first-order valence-corrected chi connectivity index (χ1v) is 11.9. The summed E-state index contributed by atoms with van der Waals surface area (Å²) < 4.78 is 64.4. The lowest BCUT2D eigenvalue weighted by atomic mass is 10.1. The molecule has 0 N–H and O–H groups in total. The number of halogens is 5. The van der Waals surface area contributed by atoms with E-state index in [4.69, 9.17) is 16.3 Å². The van der Waals surface area contributed by atoms with Crippen molar-refractivity contribution < 1.29 is 27.0 Å². The Labute approximate surface area is 219 Å². The third-order valence-corrected chi connectivity index (χ3v) is 6.55. The van der Waals surface area contributed by atoms with Crippen LogP contribution >= 0.6 is 11.6 Å². The molecule has 0 aliphatic carbocycles. The quantitative estimate of drug-likeness (QED) is 0.311. The second-order valence-electron chi connectivity index (χ2n) is 8.80. The van der Waals surface area contributed by atoms with Gasteiger partial charge in [0.15, 0.2) is 0 Å². The number of hydrogen-bond donors (Lipinski definition) is 0. The number of ether oxygens (including phenoxy) is 2. The first-order valence-electron chi connectivity index (χ1n) is 11.6. The summed E-state index contributed by atoms with van der Waals surface area (Å²) >= 11 is 5.94. The smallest absolute Gasteiger partial charge is 0.406 e. The molecule has 198 valence electrons. The summed E-state index contributed by atoms with van der Waals surface area (Å²) in [5.74, 6) is -0.121. The lowest BCUT2D eigenvalue weighted by Gasteiger charge is -2.34. The van der Waals surface area contributed by atoms with Crippen LogP contribution in [-0.4, -0.2) is 40.6 Å². The molecule has 5 rings (SSSR count). The van der Waals surface area contributed by atoms with Crippen LogP contribution in [0.25, 0.3) is 22.2 Å². The molecule has 1 aliphatic rings. The number of anilines is 1. The van der Waals surface area contributed by atoms with Crippen LogP contribution in [0.5, 0.6) is 5.75 Å². The molecule has 0 unspecified atom stereocenters. The minimum Gasteiger partial charge on any atom is -0.406 e. The molecule has 0 saturated carbocycles. The van der Waals surface area contributed by atoms with Crippen molar-refractivity contribution in [2.45, 2.75) is 19.4 Å². The van der Waals surface area contributed by atoms with Gasteiger partial charge in [-0.05, 0) is 42.8 Å². The first kappa shape index (κ1) is 25.9. The molecule has 38 heavy (non-hydrogen) atoms. The van der Waals surface area contributed by atoms with E-state index in [1.807, 2.05) is 4.90 Å². The molecule has 2 aromatic carbocycles. The second kappa shape index (κ2) is 9.88. The van der Waals surface area contributed by atoms with Gasteiger partial charge in [0.05, 0.1) is 23.2 Å². The third-order valence-electron chi connectivity index (χ3n) is 6.31. The van der Waals surface area contributed by atoms with Gasteiger partial charge in [-0.3, -0.25) is 9.36 Å². The van der Waals surface area contributed by atoms with Gasteiger partial charge in [0.25, 0.3) is 5.56 Å². The molecule has 1 aliphatic heterocycles. The number of pyridine rings is 1. The molecular weight excluding hydrogens is 528 g/mol. The maximum Gasteiger partial charge on any atom is 0.573 e. The molecule has 3 heterocycles. The zero-order valence-corrected chi connectivity index (χ0v) is 21.0. The van der Waals surface area contributed by atoms with E-state index in [2.05, 4.69) is 14.7 Å². The Morgan fingerprint density at radius 2 is 1.92 bits per heavy atom. The Balaban J connectivity index is 1.58. The highest BCUT2D eigenvalue weighted by Gasteiger charge is 2.32. The molecule has 0 radical (unpaired) electrons. The van der Waals surface area contributed by atoms with E-state index in [9.17, 15) is 18.0 Å². The van der Waals surface area contributed by atoms with Crippen LogP contribution < -0.4 is 15.2 Å². The number of morpholine rings is 1. The summed E-state index contributed by atoms with van der Waals surface area (Å²) in [5.41, 5.74) is 0.652. The SMILES string of the molecule is Cc1nc2cc(N3CCO[C@H](c4cccc(OC(F)(F)F)c4)C3)nc(-c3ccc(Cl)cc3F)c2c(=O)n1C. The minimum atomic E-state index is -4.82. The average molecular weight is 549 g/mol. The summed E-state index contributed by atoms with van der Waals surface area (Å²) in [4.78, 5) is 24.3. The van der Waals surface area contributed by atoms with Crippen molar-refractivity contribution in [1.29, 1.82) is 0 Å². The Kier molecular flexibility index (Phi) is 6.74. The van der Waals surface area contributed by atoms with Crippen molar-refractivity contribution in [2.75, 3.05) is 24.6 Å². The summed E-state index contributed by atoms with van der Waals surface area (Å²) in [7, 11) is 1.57. The van der Waals surface area contributed by atoms with E-state index < -0.39 is 18.3 Å². The fraction of sp³-hybridized carbons (Fsp3) is 0.269. The van der Waals surface area contributed by atoms with Crippen molar-refractivity contribution >= 4 is 28.3 Å². The standard InChI is InChI=1S/C26H21ClF4N4O3/c1-14-32-20-12-22(33-24(23(20)25(36)34(14)2)18-7-6-16(27)11-19(18)28)35-8-9-37-21(13-35)15-4-3-5-17(10-15)38-26(29,30)31/h3-7,10-12,21H,8-9,13H2,1-2H3/t21-/m0/s1. The number of nitrogens with zero attached hydrogens (tertiary/aromatic N) is 4. The maximum atomic E-state index is 15.0. The van der Waals surface area contributed by atoms with Gasteiger partial charge < -0.3 is 14.4 Å². The number of hydrogen-bond acceptors (Lipinski definition) is 6. The number of aromatic nitrogens is 3. The van der Waals surface area contributed by atoms with Crippen molar-refractivity contribution in [3.63, 3.8) is 0 Å². The Hall–Kier alpha value is -3.70. The highest BCUT2D eigenvalue weighted by molar-refractivity contribution is 6.30. The van der Waals surface area contributed by atoms with E-state index >= 15 is 4.39 Å². The molecule has 7 nitrogen and oxygen atoms in total. The van der Waals surface area contributed by atoms with Gasteiger partial charge in [-0.25, -0.2) is 14.4 Å². The molecule has 1 fully saturated rings. The predicted molar refractivity (Wildman–Crippen MR) is 134 cm³/mol. The van der Waals surface area contributed by atoms with Crippen molar-refractivity contribution in [2.24, 2.45) is 7.05 Å². The topological polar surface area (TPSA) is 69.5 Å². The van der Waals surface area contributed by atoms with E-state index in [1.54, 1.807) is 26.1 Å². The summed E-state index contributed by atoms with van der Waals surface area (Å²) in [6.45, 7) is 2.58. The molecule has 12 heteroatoms. The van der Waals surface area contributed by atoms with Gasteiger partial charge in [-0.1, -0.05) is 23.7 Å². The number of alkyl halides is 3. The van der Waals surface area contributed by atoms with Gasteiger partial charge >= 0.3 is 6.36 Å². The molecule has 0 spiro atoms. The number of fused-ring (bicyclic) bond motifs is 1. The van der Waals surface area contributed by atoms with Crippen LogP contribution in [0, 0.1) is 12.7 Å². The van der Waals surface area contributed by atoms with Gasteiger partial charge in [0, 0.05) is 36.8 Å². The molecule has 1 saturated heterocycles. The van der Waals surface area contributed by atoms with Crippen LogP contribution in [0.4, 0.5) is 23.4 Å². The fourth-order valence-electron chi connectivity index (χ4n) is 4.39. The lowest BCUT2D eigenvalue weighted by Crippen LogP contribution is -2.39. The number of benzene rings is 2. The van der Waals surface area contributed by atoms with Crippen molar-refractivity contribution in [3.05, 3.63) is 81.1 Å². The normalized spacial score (nSPS) is 16.2. The average Bonchev–Trinajstić information content (AvgIpc) is 2.86. The summed E-state index contributed by atoms with van der Waals surface area (Å²) in [5, 5.41) is 0.353. The van der Waals surface area contributed by atoms with Crippen LogP contribution in [-0.2, 0) is 11.8 Å². The Morgan fingerprint density at radius 3 is 2.66 bits per heavy atom. The van der Waals surface area contributed by atoms with Gasteiger partial charge in [-0.15, -0.1) is 13.2 Å². The van der Waals surface area contributed by atoms with E-state index in [0.29, 0.717) is 29.3 Å². The Morgan fingerprint density at radius 1 is 1.13 bits per heavy atom. The molecule has 0 amide bonds. The highest BCUT2D eigenvalue weighted by atomic mass is 35.5. The van der Waals surface area contributed by atoms with Crippen LogP contribution in [0.3, 0.4) is 0 Å². The van der Waals surface area contributed by atoms with Crippen molar-refractivity contribution in [3.8, 4) is 17.0 Å². The number of aryl methyl sites for hydroxylation is 1. The first-order chi connectivity index (χ1) is 18.0. The van der Waals surface area contributed by atoms with Crippen LogP contribution in [0.2, 0.25) is 5.02 Å². The minimum absolute atomic E-state index is 0.0887. The zero-order chi connectivity index (χ0) is 27.2. The monoisotopic (exact) mass is 548 g/mol. The van der Waals surface area contributed by atoms with Gasteiger partial charge in [0.2, 0.25) is 0 Å². The van der Waals surface area contributed by atoms with E-state index in [1.165, 1.54) is 34.9 Å². The van der Waals surface area contributed by atoms with Gasteiger partial charge in [-0.2, -0.15) is 0 Å². The predicted octanol–water partition coefficient (Wildman–Crippen LogP) is 5.57. The lowest BCUT2D eigenvalue weighted by molar-refractivity contribution is -0.274. The molecule has 2 aromatic heterocycles. The summed E-state index contributed by atoms with van der Waals surface area (Å²) in [6, 6.07) is 11.3. The zero-order valence-electron chi connectivity index (χ0n) is 20.2. The van der Waals surface area contributed by atoms with Crippen LogP contribution in [0.15, 0.2) is 53.3 Å². The maximum absolute atomic E-state index is 15.0. The molecule has 4 aromatic rings. The van der Waals surface area contributed by atoms with Crippen LogP contribution in [0.1, 0.15) is 17.5 Å². The highest BCUT2D eigenvalue weighted by Crippen LogP contribution is 2.34.